The van der Waals surface area contributed by atoms with E-state index in [4.69, 9.17) is 0 Å². The van der Waals surface area contributed by atoms with Crippen LogP contribution in [0.3, 0.4) is 0 Å². The Kier molecular flexibility index (Phi) is 8.87. The van der Waals surface area contributed by atoms with Gasteiger partial charge in [0.1, 0.15) is 11.8 Å². The highest BCUT2D eigenvalue weighted by atomic mass is 32.2. The van der Waals surface area contributed by atoms with Gasteiger partial charge in [-0.15, -0.1) is 0 Å². The molecule has 1 fully saturated rings. The van der Waals surface area contributed by atoms with Crippen LogP contribution in [-0.2, 0) is 10.0 Å². The average molecular weight is 600 g/mol. The number of nitrogens with zero attached hydrogens (tertiary/aromatic N) is 5. The fourth-order valence-electron chi connectivity index (χ4n) is 4.94. The maximum atomic E-state index is 14.7. The van der Waals surface area contributed by atoms with Crippen molar-refractivity contribution in [3.05, 3.63) is 40.9 Å². The summed E-state index contributed by atoms with van der Waals surface area (Å²) < 4.78 is 79.5. The average Bonchev–Trinajstić information content (AvgIpc) is 2.87. The molecular weight excluding hydrogens is 566 g/mol. The van der Waals surface area contributed by atoms with Crippen molar-refractivity contribution in [1.82, 2.24) is 24.4 Å². The molecule has 4 rings (SSSR count). The summed E-state index contributed by atoms with van der Waals surface area (Å²) in [5, 5.41) is 3.76. The summed E-state index contributed by atoms with van der Waals surface area (Å²) in [6, 6.07) is 3.73. The molecule has 224 valence electrons. The van der Waals surface area contributed by atoms with Crippen molar-refractivity contribution in [2.75, 3.05) is 29.9 Å². The number of anilines is 2. The van der Waals surface area contributed by atoms with Crippen LogP contribution in [0, 0.1) is 0 Å². The molecule has 3 aromatic rings. The minimum Gasteiger partial charge on any atom is -0.351 e. The second-order valence-electron chi connectivity index (χ2n) is 10.7. The quantitative estimate of drug-likeness (QED) is 0.348. The van der Waals surface area contributed by atoms with Gasteiger partial charge in [-0.05, 0) is 59.0 Å². The zero-order valence-corrected chi connectivity index (χ0v) is 23.9. The fraction of sp³-hybridized carbons (Fsp3) is 0.538. The summed E-state index contributed by atoms with van der Waals surface area (Å²) in [5.41, 5.74) is 0.412. The molecule has 2 N–H and O–H groups in total. The maximum absolute atomic E-state index is 14.7. The number of nitrogens with one attached hydrogen (secondary N) is 2. The van der Waals surface area contributed by atoms with E-state index in [0.717, 1.165) is 12.6 Å². The molecule has 0 spiro atoms. The smallest absolute Gasteiger partial charge is 0.351 e. The van der Waals surface area contributed by atoms with Gasteiger partial charge in [0.15, 0.2) is 0 Å². The summed E-state index contributed by atoms with van der Waals surface area (Å²) in [4.78, 5) is 28.6. The van der Waals surface area contributed by atoms with E-state index in [-0.39, 0.29) is 35.1 Å². The standard InChI is InChI=1S/C26H33F4N7O3S/c1-15(2)37-23-16(13-32-25(34-23)33-17-6-8-22(36(3)4)20(27)12-17)11-19(24(37)38)21-7-5-18(14-31-21)35-41(39,40)10-9-26(28,29)30/h5,7,11,13-15,17,20,22,35H,6,8-10,12H2,1-4H3,(H,32,33,34)/t17-,20+,22-/m1/s1. The zero-order chi connectivity index (χ0) is 30.1. The normalized spacial score (nSPS) is 20.1. The topological polar surface area (TPSA) is 122 Å². The van der Waals surface area contributed by atoms with Crippen molar-refractivity contribution in [2.24, 2.45) is 0 Å². The summed E-state index contributed by atoms with van der Waals surface area (Å²) in [6.07, 6.45) is -2.60. The van der Waals surface area contributed by atoms with E-state index in [2.05, 4.69) is 25.0 Å². The van der Waals surface area contributed by atoms with Gasteiger partial charge in [0.2, 0.25) is 16.0 Å². The molecule has 0 saturated heterocycles. The lowest BCUT2D eigenvalue weighted by atomic mass is 9.89. The summed E-state index contributed by atoms with van der Waals surface area (Å²) in [5.74, 6) is -0.829. The summed E-state index contributed by atoms with van der Waals surface area (Å²) in [7, 11) is -0.514. The van der Waals surface area contributed by atoms with E-state index in [0.29, 0.717) is 29.8 Å². The minimum atomic E-state index is -4.60. The van der Waals surface area contributed by atoms with E-state index >= 15 is 0 Å². The van der Waals surface area contributed by atoms with Crippen molar-refractivity contribution >= 4 is 32.7 Å². The third-order valence-electron chi connectivity index (χ3n) is 6.99. The molecule has 3 heterocycles. The predicted molar refractivity (Wildman–Crippen MR) is 149 cm³/mol. The summed E-state index contributed by atoms with van der Waals surface area (Å²) in [6.45, 7) is 3.64. The summed E-state index contributed by atoms with van der Waals surface area (Å²) >= 11 is 0. The SMILES string of the molecule is CC(C)n1c(=O)c(-c2ccc(NS(=O)(=O)CCC(F)(F)F)cn2)cc2cnc(N[C@@H]3CC[C@@H](N(C)C)[C@@H](F)C3)nc21. The molecule has 0 radical (unpaired) electrons. The number of fused-ring (bicyclic) bond motifs is 1. The molecule has 1 aliphatic rings. The maximum Gasteiger partial charge on any atom is 0.390 e. The van der Waals surface area contributed by atoms with E-state index < -0.39 is 40.1 Å². The first kappa shape index (κ1) is 30.6. The number of halogens is 4. The highest BCUT2D eigenvalue weighted by Crippen LogP contribution is 2.28. The highest BCUT2D eigenvalue weighted by Gasteiger charge is 2.32. The number of hydrogen-bond acceptors (Lipinski definition) is 8. The molecule has 0 amide bonds. The van der Waals surface area contributed by atoms with E-state index in [9.17, 15) is 30.8 Å². The van der Waals surface area contributed by atoms with Gasteiger partial charge in [-0.25, -0.2) is 17.8 Å². The Balaban J connectivity index is 1.58. The first-order valence-electron chi connectivity index (χ1n) is 13.2. The van der Waals surface area contributed by atoms with Crippen LogP contribution in [0.5, 0.6) is 0 Å². The molecule has 15 heteroatoms. The van der Waals surface area contributed by atoms with Gasteiger partial charge in [0.25, 0.3) is 5.56 Å². The van der Waals surface area contributed by atoms with Crippen LogP contribution < -0.4 is 15.6 Å². The van der Waals surface area contributed by atoms with Crippen LogP contribution in [0.15, 0.2) is 35.4 Å². The number of aromatic nitrogens is 4. The Labute approximate surface area is 235 Å². The lowest BCUT2D eigenvalue weighted by molar-refractivity contribution is -0.129. The Morgan fingerprint density at radius 2 is 1.88 bits per heavy atom. The van der Waals surface area contributed by atoms with Crippen molar-refractivity contribution in [2.45, 2.75) is 70.0 Å². The fourth-order valence-corrected chi connectivity index (χ4v) is 6.02. The molecule has 10 nitrogen and oxygen atoms in total. The van der Waals surface area contributed by atoms with Gasteiger partial charge < -0.3 is 10.2 Å². The van der Waals surface area contributed by atoms with Crippen LogP contribution in [0.4, 0.5) is 29.2 Å². The van der Waals surface area contributed by atoms with Gasteiger partial charge in [-0.3, -0.25) is 19.1 Å². The van der Waals surface area contributed by atoms with E-state index in [1.807, 2.05) is 32.8 Å². The highest BCUT2D eigenvalue weighted by molar-refractivity contribution is 7.92. The third kappa shape index (κ3) is 7.50. The van der Waals surface area contributed by atoms with Crippen molar-refractivity contribution < 1.29 is 26.0 Å². The molecule has 1 saturated carbocycles. The van der Waals surface area contributed by atoms with Crippen molar-refractivity contribution in [3.63, 3.8) is 0 Å². The second-order valence-corrected chi connectivity index (χ2v) is 12.6. The van der Waals surface area contributed by atoms with Gasteiger partial charge in [0, 0.05) is 36.1 Å². The number of sulfonamides is 1. The van der Waals surface area contributed by atoms with Gasteiger partial charge in [-0.2, -0.15) is 18.2 Å². The van der Waals surface area contributed by atoms with Crippen LogP contribution >= 0.6 is 0 Å². The van der Waals surface area contributed by atoms with Crippen molar-refractivity contribution in [3.8, 4) is 11.3 Å². The second kappa shape index (κ2) is 11.9. The zero-order valence-electron chi connectivity index (χ0n) is 23.1. The van der Waals surface area contributed by atoms with Gasteiger partial charge in [0.05, 0.1) is 35.3 Å². The first-order valence-corrected chi connectivity index (χ1v) is 14.8. The lowest BCUT2D eigenvalue weighted by Gasteiger charge is -2.35. The minimum absolute atomic E-state index is 0.0323. The third-order valence-corrected chi connectivity index (χ3v) is 8.28. The number of alkyl halides is 4. The lowest BCUT2D eigenvalue weighted by Crippen LogP contribution is -2.44. The van der Waals surface area contributed by atoms with E-state index in [1.165, 1.54) is 16.7 Å². The Bertz CT molecular complexity index is 1540. The molecule has 0 bridgehead atoms. The van der Waals surface area contributed by atoms with Crippen LogP contribution in [0.2, 0.25) is 0 Å². The molecule has 1 aliphatic carbocycles. The predicted octanol–water partition coefficient (Wildman–Crippen LogP) is 4.36. The monoisotopic (exact) mass is 599 g/mol. The number of pyridine rings is 2. The largest absolute Gasteiger partial charge is 0.390 e. The number of hydrogen-bond donors (Lipinski definition) is 2. The molecule has 0 unspecified atom stereocenters. The van der Waals surface area contributed by atoms with Crippen molar-refractivity contribution in [1.29, 1.82) is 0 Å². The van der Waals surface area contributed by atoms with Gasteiger partial charge >= 0.3 is 6.18 Å². The molecule has 3 aromatic heterocycles. The molecular formula is C26H33F4N7O3S. The van der Waals surface area contributed by atoms with Crippen LogP contribution in [0.1, 0.15) is 45.6 Å². The Morgan fingerprint density at radius 1 is 1.15 bits per heavy atom. The molecule has 0 aliphatic heterocycles. The number of rotatable bonds is 9. The first-order chi connectivity index (χ1) is 19.1. The van der Waals surface area contributed by atoms with Crippen LogP contribution in [0.25, 0.3) is 22.3 Å². The van der Waals surface area contributed by atoms with Crippen LogP contribution in [-0.4, -0.2) is 77.1 Å². The Morgan fingerprint density at radius 3 is 2.46 bits per heavy atom. The molecule has 0 aromatic carbocycles. The van der Waals surface area contributed by atoms with E-state index in [1.54, 1.807) is 12.3 Å². The Hall–Kier alpha value is -3.33. The molecule has 41 heavy (non-hydrogen) atoms. The van der Waals surface area contributed by atoms with Gasteiger partial charge in [-0.1, -0.05) is 0 Å². The molecule has 3 atom stereocenters.